The van der Waals surface area contributed by atoms with Gasteiger partial charge in [-0.25, -0.2) is 0 Å². The fourth-order valence-corrected chi connectivity index (χ4v) is 3.85. The van der Waals surface area contributed by atoms with Crippen LogP contribution in [0, 0.1) is 17.8 Å². The predicted octanol–water partition coefficient (Wildman–Crippen LogP) is 3.13. The molecule has 2 aliphatic rings. The Morgan fingerprint density at radius 3 is 2.58 bits per heavy atom. The monoisotopic (exact) mass is 267 g/mol. The lowest BCUT2D eigenvalue weighted by Crippen LogP contribution is -2.38. The summed E-state index contributed by atoms with van der Waals surface area (Å²) < 4.78 is 5.32. The summed E-state index contributed by atoms with van der Waals surface area (Å²) >= 11 is 0. The van der Waals surface area contributed by atoms with Gasteiger partial charge in [0.25, 0.3) is 0 Å². The van der Waals surface area contributed by atoms with E-state index >= 15 is 0 Å². The summed E-state index contributed by atoms with van der Waals surface area (Å²) in [7, 11) is 0. The summed E-state index contributed by atoms with van der Waals surface area (Å²) in [5, 5.41) is 3.53. The predicted molar refractivity (Wildman–Crippen MR) is 76.9 cm³/mol. The Morgan fingerprint density at radius 2 is 2.05 bits per heavy atom. The molecule has 1 N–H and O–H groups in total. The molecule has 4 atom stereocenters. The summed E-state index contributed by atoms with van der Waals surface area (Å²) in [6.07, 6.45) is 6.19. The zero-order valence-electron chi connectivity index (χ0n) is 12.9. The Kier molecular flexibility index (Phi) is 4.54. The van der Waals surface area contributed by atoms with Crippen molar-refractivity contribution in [3.8, 4) is 0 Å². The lowest BCUT2D eigenvalue weighted by atomic mass is 9.84. The summed E-state index contributed by atoms with van der Waals surface area (Å²) in [6.45, 7) is 8.76. The van der Waals surface area contributed by atoms with Crippen LogP contribution in [0.5, 0.6) is 0 Å². The molecule has 0 heterocycles. The van der Waals surface area contributed by atoms with E-state index in [0.29, 0.717) is 12.5 Å². The van der Waals surface area contributed by atoms with E-state index < -0.39 is 0 Å². The van der Waals surface area contributed by atoms with Crippen molar-refractivity contribution in [3.05, 3.63) is 0 Å². The van der Waals surface area contributed by atoms with Gasteiger partial charge < -0.3 is 10.1 Å². The maximum atomic E-state index is 11.6. The van der Waals surface area contributed by atoms with Crippen molar-refractivity contribution in [2.24, 2.45) is 17.8 Å². The van der Waals surface area contributed by atoms with E-state index in [2.05, 4.69) is 12.2 Å². The van der Waals surface area contributed by atoms with Gasteiger partial charge in [-0.2, -0.15) is 0 Å². The molecule has 0 radical (unpaired) electrons. The molecule has 2 saturated carbocycles. The summed E-state index contributed by atoms with van der Waals surface area (Å²) in [4.78, 5) is 11.6. The van der Waals surface area contributed by atoms with Gasteiger partial charge in [0, 0.05) is 12.6 Å². The number of carbonyl (C=O) groups is 1. The van der Waals surface area contributed by atoms with Gasteiger partial charge in [-0.05, 0) is 64.7 Å². The normalized spacial score (nSPS) is 31.5. The van der Waals surface area contributed by atoms with Gasteiger partial charge in [-0.1, -0.05) is 6.42 Å². The van der Waals surface area contributed by atoms with Gasteiger partial charge in [-0.3, -0.25) is 4.79 Å². The van der Waals surface area contributed by atoms with Crippen LogP contribution in [0.15, 0.2) is 0 Å². The lowest BCUT2D eigenvalue weighted by Gasteiger charge is -2.28. The van der Waals surface area contributed by atoms with E-state index in [1.807, 2.05) is 20.8 Å². The van der Waals surface area contributed by atoms with Crippen molar-refractivity contribution in [1.82, 2.24) is 5.32 Å². The first-order chi connectivity index (χ1) is 8.85. The molecule has 19 heavy (non-hydrogen) atoms. The Hall–Kier alpha value is -0.570. The van der Waals surface area contributed by atoms with Gasteiger partial charge >= 0.3 is 5.97 Å². The van der Waals surface area contributed by atoms with Crippen molar-refractivity contribution in [3.63, 3.8) is 0 Å². The van der Waals surface area contributed by atoms with Crippen LogP contribution in [0.3, 0.4) is 0 Å². The molecule has 0 aliphatic heterocycles. The largest absolute Gasteiger partial charge is 0.460 e. The lowest BCUT2D eigenvalue weighted by molar-refractivity contribution is -0.154. The first-order valence-corrected chi connectivity index (χ1v) is 7.80. The standard InChI is InChI=1S/C16H29NO2/c1-11(14-10-12-5-6-13(14)9-12)17-8-7-15(18)19-16(2,3)4/h11-14,17H,5-10H2,1-4H3. The van der Waals surface area contributed by atoms with E-state index in [9.17, 15) is 4.79 Å². The summed E-state index contributed by atoms with van der Waals surface area (Å²) in [5.74, 6) is 2.66. The van der Waals surface area contributed by atoms with Crippen molar-refractivity contribution < 1.29 is 9.53 Å². The molecular weight excluding hydrogens is 238 g/mol. The molecule has 0 amide bonds. The van der Waals surface area contributed by atoms with Crippen LogP contribution >= 0.6 is 0 Å². The molecule has 0 spiro atoms. The number of esters is 1. The molecule has 2 bridgehead atoms. The van der Waals surface area contributed by atoms with E-state index in [-0.39, 0.29) is 11.6 Å². The van der Waals surface area contributed by atoms with Gasteiger partial charge in [-0.15, -0.1) is 0 Å². The Bertz CT molecular complexity index is 321. The third kappa shape index (κ3) is 4.20. The first kappa shape index (κ1) is 14.8. The minimum absolute atomic E-state index is 0.0971. The number of fused-ring (bicyclic) bond motifs is 2. The minimum Gasteiger partial charge on any atom is -0.460 e. The van der Waals surface area contributed by atoms with Crippen LogP contribution in [-0.4, -0.2) is 24.2 Å². The van der Waals surface area contributed by atoms with Gasteiger partial charge in [0.1, 0.15) is 5.60 Å². The fraction of sp³-hybridized carbons (Fsp3) is 0.938. The van der Waals surface area contributed by atoms with E-state index in [0.717, 1.165) is 24.3 Å². The molecule has 3 heteroatoms. The highest BCUT2D eigenvalue weighted by atomic mass is 16.6. The maximum absolute atomic E-state index is 11.6. The third-order valence-electron chi connectivity index (χ3n) is 4.65. The van der Waals surface area contributed by atoms with Crippen molar-refractivity contribution in [2.75, 3.05) is 6.54 Å². The number of hydrogen-bond donors (Lipinski definition) is 1. The number of nitrogens with one attached hydrogen (secondary N) is 1. The molecule has 0 aromatic heterocycles. The smallest absolute Gasteiger partial charge is 0.307 e. The van der Waals surface area contributed by atoms with Crippen LogP contribution in [0.2, 0.25) is 0 Å². The SMILES string of the molecule is CC(NCCC(=O)OC(C)(C)C)C1CC2CCC1C2. The van der Waals surface area contributed by atoms with Crippen molar-refractivity contribution in [1.29, 1.82) is 0 Å². The highest BCUT2D eigenvalue weighted by Gasteiger charge is 2.41. The minimum atomic E-state index is -0.368. The molecule has 0 aromatic rings. The van der Waals surface area contributed by atoms with Crippen molar-refractivity contribution >= 4 is 5.97 Å². The van der Waals surface area contributed by atoms with Crippen LogP contribution in [0.4, 0.5) is 0 Å². The molecule has 2 rings (SSSR count). The summed E-state index contributed by atoms with van der Waals surface area (Å²) in [5.41, 5.74) is -0.368. The third-order valence-corrected chi connectivity index (χ3v) is 4.65. The van der Waals surface area contributed by atoms with Gasteiger partial charge in [0.15, 0.2) is 0 Å². The number of carbonyl (C=O) groups excluding carboxylic acids is 1. The van der Waals surface area contributed by atoms with E-state index in [1.165, 1.54) is 25.7 Å². The van der Waals surface area contributed by atoms with E-state index in [4.69, 9.17) is 4.74 Å². The van der Waals surface area contributed by atoms with Gasteiger partial charge in [0.05, 0.1) is 6.42 Å². The van der Waals surface area contributed by atoms with E-state index in [1.54, 1.807) is 0 Å². The second-order valence-corrected chi connectivity index (χ2v) is 7.42. The van der Waals surface area contributed by atoms with Crippen LogP contribution in [0.25, 0.3) is 0 Å². The van der Waals surface area contributed by atoms with Crippen molar-refractivity contribution in [2.45, 2.75) is 71.4 Å². The molecule has 4 unspecified atom stereocenters. The number of ether oxygens (including phenoxy) is 1. The van der Waals surface area contributed by atoms with Crippen LogP contribution in [-0.2, 0) is 9.53 Å². The Balaban J connectivity index is 1.64. The Morgan fingerprint density at radius 1 is 1.32 bits per heavy atom. The maximum Gasteiger partial charge on any atom is 0.307 e. The topological polar surface area (TPSA) is 38.3 Å². The molecule has 0 aromatic carbocycles. The number of hydrogen-bond acceptors (Lipinski definition) is 3. The highest BCUT2D eigenvalue weighted by Crippen LogP contribution is 2.49. The average molecular weight is 267 g/mol. The van der Waals surface area contributed by atoms with Crippen LogP contribution in [0.1, 0.15) is 59.8 Å². The second kappa shape index (κ2) is 5.82. The second-order valence-electron chi connectivity index (χ2n) is 7.42. The Labute approximate surface area is 117 Å². The quantitative estimate of drug-likeness (QED) is 0.778. The number of rotatable bonds is 5. The molecular formula is C16H29NO2. The highest BCUT2D eigenvalue weighted by molar-refractivity contribution is 5.70. The molecule has 2 aliphatic carbocycles. The zero-order valence-corrected chi connectivity index (χ0v) is 12.9. The molecule has 0 saturated heterocycles. The molecule has 3 nitrogen and oxygen atoms in total. The summed E-state index contributed by atoms with van der Waals surface area (Å²) in [6, 6.07) is 0.540. The zero-order chi connectivity index (χ0) is 14.0. The fourth-order valence-electron chi connectivity index (χ4n) is 3.85. The molecule has 2 fully saturated rings. The molecule has 110 valence electrons. The average Bonchev–Trinajstić information content (AvgIpc) is 2.87. The van der Waals surface area contributed by atoms with Gasteiger partial charge in [0.2, 0.25) is 0 Å². The van der Waals surface area contributed by atoms with Crippen LogP contribution < -0.4 is 5.32 Å². The first-order valence-electron chi connectivity index (χ1n) is 7.80.